The van der Waals surface area contributed by atoms with E-state index < -0.39 is 10.0 Å². The number of hydrogen-bond donors (Lipinski definition) is 2. The first kappa shape index (κ1) is 17.4. The standard InChI is InChI=1S/C18H14N4O3S2/c19-27(24,25)14-8-6-13(7-9-14)20-17(23)16-11-26-18-21-15(10-22(16)18)12-4-2-1-3-5-12/h1-11H,(H,20,23)(H2,19,24,25). The topological polar surface area (TPSA) is 107 Å². The molecule has 4 aromatic rings. The van der Waals surface area contributed by atoms with Crippen molar-refractivity contribution in [1.29, 1.82) is 0 Å². The Hall–Kier alpha value is -3.01. The van der Waals surface area contributed by atoms with Crippen LogP contribution in [0, 0.1) is 0 Å². The minimum absolute atomic E-state index is 0.0134. The molecule has 0 aliphatic rings. The maximum Gasteiger partial charge on any atom is 0.273 e. The Balaban J connectivity index is 1.60. The molecule has 1 amide bonds. The summed E-state index contributed by atoms with van der Waals surface area (Å²) in [4.78, 5) is 17.9. The first-order valence-electron chi connectivity index (χ1n) is 7.88. The molecular formula is C18H14N4O3S2. The third-order valence-corrected chi connectivity index (χ3v) is 5.72. The molecule has 0 aliphatic carbocycles. The highest BCUT2D eigenvalue weighted by molar-refractivity contribution is 7.89. The molecule has 0 atom stereocenters. The molecule has 2 heterocycles. The van der Waals surface area contributed by atoms with Gasteiger partial charge in [-0.2, -0.15) is 0 Å². The van der Waals surface area contributed by atoms with Gasteiger partial charge in [0.2, 0.25) is 10.0 Å². The van der Waals surface area contributed by atoms with E-state index in [4.69, 9.17) is 5.14 Å². The second-order valence-corrected chi connectivity index (χ2v) is 8.19. The van der Waals surface area contributed by atoms with Crippen molar-refractivity contribution in [3.63, 3.8) is 0 Å². The number of imidazole rings is 1. The highest BCUT2D eigenvalue weighted by Crippen LogP contribution is 2.24. The predicted molar refractivity (Wildman–Crippen MR) is 104 cm³/mol. The number of thiazole rings is 1. The van der Waals surface area contributed by atoms with Crippen molar-refractivity contribution in [1.82, 2.24) is 9.38 Å². The van der Waals surface area contributed by atoms with E-state index in [1.54, 1.807) is 9.78 Å². The number of nitrogens with zero attached hydrogens (tertiary/aromatic N) is 2. The van der Waals surface area contributed by atoms with E-state index in [0.29, 0.717) is 16.3 Å². The highest BCUT2D eigenvalue weighted by Gasteiger charge is 2.16. The normalized spacial score (nSPS) is 11.6. The number of carbonyl (C=O) groups is 1. The number of sulfonamides is 1. The summed E-state index contributed by atoms with van der Waals surface area (Å²) in [6.07, 6.45) is 1.82. The van der Waals surface area contributed by atoms with E-state index in [1.165, 1.54) is 35.6 Å². The molecule has 0 saturated heterocycles. The smallest absolute Gasteiger partial charge is 0.273 e. The molecule has 0 saturated carbocycles. The van der Waals surface area contributed by atoms with Crippen molar-refractivity contribution in [2.45, 2.75) is 4.90 Å². The highest BCUT2D eigenvalue weighted by atomic mass is 32.2. The molecule has 27 heavy (non-hydrogen) atoms. The number of nitrogens with two attached hydrogens (primary N) is 1. The van der Waals surface area contributed by atoms with Gasteiger partial charge in [-0.1, -0.05) is 30.3 Å². The van der Waals surface area contributed by atoms with Crippen molar-refractivity contribution in [2.75, 3.05) is 5.32 Å². The van der Waals surface area contributed by atoms with Crippen LogP contribution < -0.4 is 10.5 Å². The molecular weight excluding hydrogens is 384 g/mol. The van der Waals surface area contributed by atoms with Gasteiger partial charge in [0.25, 0.3) is 5.91 Å². The Bertz CT molecular complexity index is 1230. The summed E-state index contributed by atoms with van der Waals surface area (Å²) in [5, 5.41) is 9.55. The third kappa shape index (κ3) is 3.47. The van der Waals surface area contributed by atoms with Gasteiger partial charge in [0, 0.05) is 22.8 Å². The van der Waals surface area contributed by atoms with Crippen molar-refractivity contribution in [3.05, 3.63) is 71.9 Å². The largest absolute Gasteiger partial charge is 0.321 e. The van der Waals surface area contributed by atoms with Crippen LogP contribution in [0.15, 0.2) is 71.1 Å². The summed E-state index contributed by atoms with van der Waals surface area (Å²) in [5.74, 6) is -0.318. The number of primary sulfonamides is 1. The minimum atomic E-state index is -3.77. The maximum atomic E-state index is 12.6. The van der Waals surface area contributed by atoms with E-state index in [-0.39, 0.29) is 10.8 Å². The molecule has 136 valence electrons. The summed E-state index contributed by atoms with van der Waals surface area (Å²) in [7, 11) is -3.77. The van der Waals surface area contributed by atoms with Gasteiger partial charge in [-0.25, -0.2) is 18.5 Å². The molecule has 4 rings (SSSR count). The molecule has 2 aromatic carbocycles. The van der Waals surface area contributed by atoms with Crippen LogP contribution in [0.2, 0.25) is 0 Å². The molecule has 0 bridgehead atoms. The summed E-state index contributed by atoms with van der Waals surface area (Å²) >= 11 is 1.37. The van der Waals surface area contributed by atoms with Crippen molar-refractivity contribution >= 4 is 37.9 Å². The van der Waals surface area contributed by atoms with E-state index in [2.05, 4.69) is 10.3 Å². The summed E-state index contributed by atoms with van der Waals surface area (Å²) in [6, 6.07) is 15.4. The van der Waals surface area contributed by atoms with Gasteiger partial charge in [0.05, 0.1) is 10.6 Å². The molecule has 3 N–H and O–H groups in total. The van der Waals surface area contributed by atoms with Crippen molar-refractivity contribution in [3.8, 4) is 11.3 Å². The van der Waals surface area contributed by atoms with Crippen LogP contribution in [0.1, 0.15) is 10.5 Å². The molecule has 0 radical (unpaired) electrons. The van der Waals surface area contributed by atoms with Gasteiger partial charge in [-0.3, -0.25) is 9.20 Å². The molecule has 9 heteroatoms. The first-order chi connectivity index (χ1) is 12.9. The fourth-order valence-corrected chi connectivity index (χ4v) is 3.99. The van der Waals surface area contributed by atoms with E-state index in [1.807, 2.05) is 36.5 Å². The van der Waals surface area contributed by atoms with Gasteiger partial charge >= 0.3 is 0 Å². The number of benzene rings is 2. The number of hydrogen-bond acceptors (Lipinski definition) is 5. The Morgan fingerprint density at radius 1 is 1.07 bits per heavy atom. The SMILES string of the molecule is NS(=O)(=O)c1ccc(NC(=O)c2csc3nc(-c4ccccc4)cn23)cc1. The van der Waals surface area contributed by atoms with E-state index in [0.717, 1.165) is 11.3 Å². The van der Waals surface area contributed by atoms with Crippen LogP contribution in [0.4, 0.5) is 5.69 Å². The molecule has 7 nitrogen and oxygen atoms in total. The van der Waals surface area contributed by atoms with Crippen LogP contribution in [0.25, 0.3) is 16.2 Å². The molecule has 0 aliphatic heterocycles. The third-order valence-electron chi connectivity index (χ3n) is 3.95. The van der Waals surface area contributed by atoms with Crippen molar-refractivity contribution in [2.24, 2.45) is 5.14 Å². The van der Waals surface area contributed by atoms with Gasteiger partial charge in [0.15, 0.2) is 4.96 Å². The number of nitrogens with one attached hydrogen (secondary N) is 1. The zero-order chi connectivity index (χ0) is 19.0. The Kier molecular flexibility index (Phi) is 4.27. The zero-order valence-corrected chi connectivity index (χ0v) is 15.5. The Morgan fingerprint density at radius 3 is 2.44 bits per heavy atom. The molecule has 0 fully saturated rings. The van der Waals surface area contributed by atoms with Crippen LogP contribution in [-0.4, -0.2) is 23.7 Å². The number of amides is 1. The Labute approximate surface area is 159 Å². The lowest BCUT2D eigenvalue weighted by molar-refractivity contribution is 0.102. The lowest BCUT2D eigenvalue weighted by Crippen LogP contribution is -2.15. The zero-order valence-electron chi connectivity index (χ0n) is 13.9. The number of rotatable bonds is 4. The fourth-order valence-electron chi connectivity index (χ4n) is 2.62. The van der Waals surface area contributed by atoms with Crippen LogP contribution in [0.3, 0.4) is 0 Å². The van der Waals surface area contributed by atoms with Gasteiger partial charge < -0.3 is 5.32 Å². The first-order valence-corrected chi connectivity index (χ1v) is 10.3. The fraction of sp³-hybridized carbons (Fsp3) is 0. The van der Waals surface area contributed by atoms with E-state index in [9.17, 15) is 13.2 Å². The van der Waals surface area contributed by atoms with Crippen LogP contribution >= 0.6 is 11.3 Å². The van der Waals surface area contributed by atoms with E-state index >= 15 is 0 Å². The number of aromatic nitrogens is 2. The van der Waals surface area contributed by atoms with Gasteiger partial charge in [0.1, 0.15) is 5.69 Å². The Morgan fingerprint density at radius 2 is 1.78 bits per heavy atom. The number of fused-ring (bicyclic) bond motifs is 1. The molecule has 2 aromatic heterocycles. The van der Waals surface area contributed by atoms with Gasteiger partial charge in [-0.05, 0) is 24.3 Å². The predicted octanol–water partition coefficient (Wildman–Crippen LogP) is 2.96. The lowest BCUT2D eigenvalue weighted by atomic mass is 10.2. The number of carbonyl (C=O) groups excluding carboxylic acids is 1. The minimum Gasteiger partial charge on any atom is -0.321 e. The summed E-state index contributed by atoms with van der Waals surface area (Å²) in [5.41, 5.74) is 2.67. The average molecular weight is 398 g/mol. The quantitative estimate of drug-likeness (QED) is 0.551. The van der Waals surface area contributed by atoms with Crippen LogP contribution in [0.5, 0.6) is 0 Å². The van der Waals surface area contributed by atoms with Crippen LogP contribution in [-0.2, 0) is 10.0 Å². The molecule has 0 spiro atoms. The van der Waals surface area contributed by atoms with Gasteiger partial charge in [-0.15, -0.1) is 11.3 Å². The lowest BCUT2D eigenvalue weighted by Gasteiger charge is -2.05. The average Bonchev–Trinajstić information content (AvgIpc) is 3.22. The second kappa shape index (κ2) is 6.62. The molecule has 0 unspecified atom stereocenters. The maximum absolute atomic E-state index is 12.6. The second-order valence-electron chi connectivity index (χ2n) is 5.79. The van der Waals surface area contributed by atoms with Crippen molar-refractivity contribution < 1.29 is 13.2 Å². The summed E-state index contributed by atoms with van der Waals surface area (Å²) < 4.78 is 24.3. The number of anilines is 1. The monoisotopic (exact) mass is 398 g/mol. The summed E-state index contributed by atoms with van der Waals surface area (Å²) in [6.45, 7) is 0.